The van der Waals surface area contributed by atoms with Crippen molar-refractivity contribution >= 4 is 23.1 Å². The Morgan fingerprint density at radius 2 is 1.88 bits per heavy atom. The number of amides is 1. The van der Waals surface area contributed by atoms with Crippen molar-refractivity contribution in [3.63, 3.8) is 0 Å². The van der Waals surface area contributed by atoms with E-state index in [1.54, 1.807) is 29.2 Å². The molecule has 0 N–H and O–H groups in total. The van der Waals surface area contributed by atoms with E-state index in [2.05, 4.69) is 0 Å². The molecule has 0 bridgehead atoms. The van der Waals surface area contributed by atoms with E-state index >= 15 is 0 Å². The number of ketones is 1. The van der Waals surface area contributed by atoms with Crippen molar-refractivity contribution in [2.75, 3.05) is 31.1 Å². The van der Waals surface area contributed by atoms with Gasteiger partial charge in [-0.15, -0.1) is 0 Å². The van der Waals surface area contributed by atoms with Crippen LogP contribution in [0.4, 0.5) is 11.4 Å². The first-order chi connectivity index (χ1) is 12.0. The zero-order chi connectivity index (χ0) is 18.0. The highest BCUT2D eigenvalue weighted by Gasteiger charge is 2.27. The van der Waals surface area contributed by atoms with Crippen molar-refractivity contribution < 1.29 is 18.9 Å². The number of benzene rings is 1. The summed E-state index contributed by atoms with van der Waals surface area (Å²) >= 11 is 0. The number of piperazine rings is 1. The largest absolute Gasteiger partial charge is 0.459 e. The van der Waals surface area contributed by atoms with E-state index in [4.69, 9.17) is 4.42 Å². The molecule has 1 amide bonds. The monoisotopic (exact) mass is 343 g/mol. The highest BCUT2D eigenvalue weighted by molar-refractivity contribution is 5.95. The summed E-state index contributed by atoms with van der Waals surface area (Å²) in [6.45, 7) is 3.17. The van der Waals surface area contributed by atoms with Gasteiger partial charge in [-0.2, -0.15) is 0 Å². The molecule has 3 rings (SSSR count). The third kappa shape index (κ3) is 3.37. The van der Waals surface area contributed by atoms with E-state index in [9.17, 15) is 19.7 Å². The van der Waals surface area contributed by atoms with Crippen molar-refractivity contribution in [3.8, 4) is 0 Å². The molecule has 0 radical (unpaired) electrons. The van der Waals surface area contributed by atoms with E-state index in [1.165, 1.54) is 19.3 Å². The lowest BCUT2D eigenvalue weighted by atomic mass is 10.1. The molecule has 0 spiro atoms. The Balaban J connectivity index is 1.75. The fraction of sp³-hybridized carbons (Fsp3) is 0.294. The average molecular weight is 343 g/mol. The molecule has 8 heteroatoms. The molecule has 1 aliphatic heterocycles. The molecule has 1 aliphatic rings. The van der Waals surface area contributed by atoms with Gasteiger partial charge in [-0.25, -0.2) is 0 Å². The van der Waals surface area contributed by atoms with Crippen LogP contribution in [0.1, 0.15) is 27.8 Å². The lowest BCUT2D eigenvalue weighted by Gasteiger charge is -2.35. The summed E-state index contributed by atoms with van der Waals surface area (Å²) in [6, 6.07) is 7.76. The van der Waals surface area contributed by atoms with Crippen LogP contribution in [0.5, 0.6) is 0 Å². The van der Waals surface area contributed by atoms with Gasteiger partial charge in [-0.05, 0) is 31.2 Å². The number of hydrogen-bond acceptors (Lipinski definition) is 6. The first-order valence-corrected chi connectivity index (χ1v) is 7.84. The molecule has 1 aromatic carbocycles. The van der Waals surface area contributed by atoms with Gasteiger partial charge >= 0.3 is 0 Å². The predicted octanol–water partition coefficient (Wildman–Crippen LogP) is 2.35. The number of Topliss-reactive ketones (excluding diaryl/α,β-unsaturated/α-hetero) is 1. The summed E-state index contributed by atoms with van der Waals surface area (Å²) in [5.41, 5.74) is 0.667. The van der Waals surface area contributed by atoms with Crippen LogP contribution in [-0.2, 0) is 0 Å². The fourth-order valence-corrected chi connectivity index (χ4v) is 2.86. The van der Waals surface area contributed by atoms with Gasteiger partial charge in [-0.1, -0.05) is 0 Å². The molecule has 1 aromatic heterocycles. The van der Waals surface area contributed by atoms with Crippen molar-refractivity contribution in [1.29, 1.82) is 0 Å². The zero-order valence-corrected chi connectivity index (χ0v) is 13.7. The molecule has 1 saturated heterocycles. The SMILES string of the molecule is CC(=O)c1ccc(N2CCN(C(=O)c3ccco3)CC2)c([N+](=O)[O-])c1. The van der Waals surface area contributed by atoms with Gasteiger partial charge in [0.1, 0.15) is 5.69 Å². The number of hydrogen-bond donors (Lipinski definition) is 0. The smallest absolute Gasteiger partial charge is 0.293 e. The van der Waals surface area contributed by atoms with Crippen LogP contribution in [0.3, 0.4) is 0 Å². The van der Waals surface area contributed by atoms with Crippen LogP contribution in [0.2, 0.25) is 0 Å². The molecule has 0 aliphatic carbocycles. The van der Waals surface area contributed by atoms with Gasteiger partial charge in [0.05, 0.1) is 11.2 Å². The van der Waals surface area contributed by atoms with Crippen molar-refractivity contribution in [2.24, 2.45) is 0 Å². The minimum absolute atomic E-state index is 0.0986. The van der Waals surface area contributed by atoms with Gasteiger partial charge in [0.15, 0.2) is 11.5 Å². The molecule has 0 atom stereocenters. The highest BCUT2D eigenvalue weighted by Crippen LogP contribution is 2.30. The Kier molecular flexibility index (Phi) is 4.51. The molecule has 2 aromatic rings. The number of nitro benzene ring substituents is 1. The lowest BCUT2D eigenvalue weighted by Crippen LogP contribution is -2.48. The molecule has 8 nitrogen and oxygen atoms in total. The molecule has 2 heterocycles. The van der Waals surface area contributed by atoms with Crippen molar-refractivity contribution in [2.45, 2.75) is 6.92 Å². The molecule has 0 saturated carbocycles. The normalized spacial score (nSPS) is 14.4. The van der Waals surface area contributed by atoms with Crippen LogP contribution in [0.25, 0.3) is 0 Å². The second-order valence-corrected chi connectivity index (χ2v) is 5.77. The van der Waals surface area contributed by atoms with Gasteiger partial charge in [-0.3, -0.25) is 19.7 Å². The number of nitro groups is 1. The second-order valence-electron chi connectivity index (χ2n) is 5.77. The minimum Gasteiger partial charge on any atom is -0.459 e. The van der Waals surface area contributed by atoms with Gasteiger partial charge in [0, 0.05) is 37.8 Å². The summed E-state index contributed by atoms with van der Waals surface area (Å²) in [5, 5.41) is 11.4. The molecule has 1 fully saturated rings. The van der Waals surface area contributed by atoms with E-state index in [1.807, 2.05) is 4.90 Å². The molecule has 0 unspecified atom stereocenters. The number of furan rings is 1. The number of nitrogens with zero attached hydrogens (tertiary/aromatic N) is 3. The highest BCUT2D eigenvalue weighted by atomic mass is 16.6. The van der Waals surface area contributed by atoms with Crippen molar-refractivity contribution in [3.05, 3.63) is 58.0 Å². The Hall–Kier alpha value is -3.16. The number of anilines is 1. The number of rotatable bonds is 4. The minimum atomic E-state index is -0.484. The second kappa shape index (κ2) is 6.76. The molecular weight excluding hydrogens is 326 g/mol. The predicted molar refractivity (Wildman–Crippen MR) is 89.9 cm³/mol. The van der Waals surface area contributed by atoms with E-state index in [0.29, 0.717) is 37.4 Å². The van der Waals surface area contributed by atoms with Crippen LogP contribution < -0.4 is 4.90 Å². The lowest BCUT2D eigenvalue weighted by molar-refractivity contribution is -0.384. The van der Waals surface area contributed by atoms with E-state index in [-0.39, 0.29) is 23.1 Å². The first kappa shape index (κ1) is 16.7. The summed E-state index contributed by atoms with van der Waals surface area (Å²) in [6.07, 6.45) is 1.45. The fourth-order valence-electron chi connectivity index (χ4n) is 2.86. The van der Waals surface area contributed by atoms with Crippen molar-refractivity contribution in [1.82, 2.24) is 4.90 Å². The maximum absolute atomic E-state index is 12.3. The topological polar surface area (TPSA) is 96.9 Å². The molecular formula is C17H17N3O5. The summed E-state index contributed by atoms with van der Waals surface area (Å²) in [4.78, 5) is 38.1. The Labute approximate surface area is 143 Å². The van der Waals surface area contributed by atoms with Gasteiger partial charge < -0.3 is 14.2 Å². The standard InChI is InChI=1S/C17H17N3O5/c1-12(21)13-4-5-14(15(11-13)20(23)24)18-6-8-19(9-7-18)17(22)16-3-2-10-25-16/h2-5,10-11H,6-9H2,1H3. The Bertz CT molecular complexity index is 808. The maximum atomic E-state index is 12.3. The maximum Gasteiger partial charge on any atom is 0.293 e. The third-order valence-electron chi connectivity index (χ3n) is 4.22. The van der Waals surface area contributed by atoms with Gasteiger partial charge in [0.25, 0.3) is 11.6 Å². The Morgan fingerprint density at radius 3 is 2.44 bits per heavy atom. The van der Waals surface area contributed by atoms with E-state index < -0.39 is 4.92 Å². The quantitative estimate of drug-likeness (QED) is 0.480. The number of carbonyl (C=O) groups is 2. The summed E-state index contributed by atoms with van der Waals surface area (Å²) < 4.78 is 5.12. The van der Waals surface area contributed by atoms with Crippen LogP contribution in [0, 0.1) is 10.1 Å². The first-order valence-electron chi connectivity index (χ1n) is 7.84. The molecule has 25 heavy (non-hydrogen) atoms. The number of carbonyl (C=O) groups excluding carboxylic acids is 2. The third-order valence-corrected chi connectivity index (χ3v) is 4.22. The average Bonchev–Trinajstić information content (AvgIpc) is 3.15. The molecule has 130 valence electrons. The van der Waals surface area contributed by atoms with Crippen LogP contribution in [0.15, 0.2) is 41.0 Å². The van der Waals surface area contributed by atoms with Crippen LogP contribution >= 0.6 is 0 Å². The van der Waals surface area contributed by atoms with E-state index in [0.717, 1.165) is 0 Å². The Morgan fingerprint density at radius 1 is 1.16 bits per heavy atom. The van der Waals surface area contributed by atoms with Crippen LogP contribution in [-0.4, -0.2) is 47.7 Å². The summed E-state index contributed by atoms with van der Waals surface area (Å²) in [7, 11) is 0. The van der Waals surface area contributed by atoms with Gasteiger partial charge in [0.2, 0.25) is 0 Å². The zero-order valence-electron chi connectivity index (χ0n) is 13.7. The summed E-state index contributed by atoms with van der Waals surface area (Å²) in [5.74, 6) is -0.125.